The van der Waals surface area contributed by atoms with E-state index in [0.717, 1.165) is 11.1 Å². The number of rotatable bonds is 2. The Morgan fingerprint density at radius 2 is 1.41 bits per heavy atom. The van der Waals surface area contributed by atoms with Crippen LogP contribution in [0.1, 0.15) is 22.6 Å². The van der Waals surface area contributed by atoms with Crippen molar-refractivity contribution < 1.29 is 0 Å². The van der Waals surface area contributed by atoms with Gasteiger partial charge in [0.25, 0.3) is 0 Å². The van der Waals surface area contributed by atoms with E-state index >= 15 is 0 Å². The van der Waals surface area contributed by atoms with Crippen LogP contribution in [0.5, 0.6) is 0 Å². The molecule has 2 rings (SSSR count). The number of hydrogen-bond donors (Lipinski definition) is 0. The van der Waals surface area contributed by atoms with E-state index in [0.29, 0.717) is 5.02 Å². The largest absolute Gasteiger partial charge is 0.197 e. The molecule has 2 heteroatoms. The van der Waals surface area contributed by atoms with Gasteiger partial charge in [0.1, 0.15) is 0 Å². The van der Waals surface area contributed by atoms with Gasteiger partial charge in [-0.05, 0) is 30.2 Å². The van der Waals surface area contributed by atoms with Crippen LogP contribution in [0, 0.1) is 18.3 Å². The molecule has 0 aliphatic heterocycles. The average Bonchev–Trinajstić information content (AvgIpc) is 2.35. The number of nitrogens with zero attached hydrogens (tertiary/aromatic N) is 1. The predicted octanol–water partition coefficient (Wildman–Crippen LogP) is 4.30. The van der Waals surface area contributed by atoms with Crippen LogP contribution >= 0.6 is 11.6 Å². The van der Waals surface area contributed by atoms with Gasteiger partial charge in [-0.1, -0.05) is 53.6 Å². The van der Waals surface area contributed by atoms with E-state index < -0.39 is 0 Å². The van der Waals surface area contributed by atoms with Gasteiger partial charge in [-0.15, -0.1) is 0 Å². The summed E-state index contributed by atoms with van der Waals surface area (Å²) in [6, 6.07) is 17.8. The molecule has 1 nitrogen and oxygen atoms in total. The van der Waals surface area contributed by atoms with Gasteiger partial charge in [-0.25, -0.2) is 0 Å². The van der Waals surface area contributed by atoms with Gasteiger partial charge < -0.3 is 0 Å². The zero-order valence-corrected chi connectivity index (χ0v) is 10.3. The third-order valence-electron chi connectivity index (χ3n) is 2.74. The Labute approximate surface area is 106 Å². The SMILES string of the molecule is Cc1ccc([C@@H](C#N)c2ccc(Cl)cc2)cc1. The highest BCUT2D eigenvalue weighted by Crippen LogP contribution is 2.25. The topological polar surface area (TPSA) is 23.8 Å². The summed E-state index contributed by atoms with van der Waals surface area (Å²) in [4.78, 5) is 0. The third-order valence-corrected chi connectivity index (χ3v) is 3.00. The molecule has 0 aromatic heterocycles. The molecule has 0 saturated heterocycles. The molecule has 0 unspecified atom stereocenters. The maximum Gasteiger partial charge on any atom is 0.0962 e. The lowest BCUT2D eigenvalue weighted by Crippen LogP contribution is -1.97. The van der Waals surface area contributed by atoms with Gasteiger partial charge in [0.2, 0.25) is 0 Å². The van der Waals surface area contributed by atoms with Crippen LogP contribution in [0.4, 0.5) is 0 Å². The van der Waals surface area contributed by atoms with Gasteiger partial charge >= 0.3 is 0 Å². The van der Waals surface area contributed by atoms with Crippen molar-refractivity contribution in [2.24, 2.45) is 0 Å². The molecule has 0 heterocycles. The first-order valence-corrected chi connectivity index (χ1v) is 5.80. The van der Waals surface area contributed by atoms with Gasteiger partial charge in [-0.3, -0.25) is 0 Å². The summed E-state index contributed by atoms with van der Waals surface area (Å²) in [5.41, 5.74) is 3.18. The summed E-state index contributed by atoms with van der Waals surface area (Å²) in [6.07, 6.45) is 0. The Morgan fingerprint density at radius 1 is 0.941 bits per heavy atom. The van der Waals surface area contributed by atoms with Crippen molar-refractivity contribution in [3.8, 4) is 6.07 Å². The molecule has 84 valence electrons. The molecule has 2 aromatic carbocycles. The zero-order valence-electron chi connectivity index (χ0n) is 9.52. The van der Waals surface area contributed by atoms with Crippen molar-refractivity contribution in [1.82, 2.24) is 0 Å². The molecule has 0 amide bonds. The summed E-state index contributed by atoms with van der Waals surface area (Å²) in [6.45, 7) is 2.04. The second-order valence-corrected chi connectivity index (χ2v) is 4.46. The maximum atomic E-state index is 9.29. The molecular weight excluding hydrogens is 230 g/mol. The number of benzene rings is 2. The molecule has 0 aliphatic rings. The van der Waals surface area contributed by atoms with Gasteiger partial charge in [0.05, 0.1) is 12.0 Å². The lowest BCUT2D eigenvalue weighted by atomic mass is 9.92. The Kier molecular flexibility index (Phi) is 3.46. The van der Waals surface area contributed by atoms with Crippen molar-refractivity contribution in [2.45, 2.75) is 12.8 Å². The molecular formula is C15H12ClN. The monoisotopic (exact) mass is 241 g/mol. The summed E-state index contributed by atoms with van der Waals surface area (Å²) in [7, 11) is 0. The van der Waals surface area contributed by atoms with E-state index in [2.05, 4.69) is 6.07 Å². The molecule has 0 N–H and O–H groups in total. The second kappa shape index (κ2) is 5.03. The smallest absolute Gasteiger partial charge is 0.0962 e. The van der Waals surface area contributed by atoms with Crippen molar-refractivity contribution >= 4 is 11.6 Å². The van der Waals surface area contributed by atoms with E-state index in [9.17, 15) is 5.26 Å². The fourth-order valence-corrected chi connectivity index (χ4v) is 1.88. The highest BCUT2D eigenvalue weighted by Gasteiger charge is 2.12. The molecule has 0 radical (unpaired) electrons. The molecule has 0 bridgehead atoms. The number of halogens is 1. The van der Waals surface area contributed by atoms with E-state index in [1.165, 1.54) is 5.56 Å². The normalized spacial score (nSPS) is 11.8. The molecule has 17 heavy (non-hydrogen) atoms. The minimum atomic E-state index is -0.229. The van der Waals surface area contributed by atoms with Crippen LogP contribution in [0.25, 0.3) is 0 Å². The summed E-state index contributed by atoms with van der Waals surface area (Å²) in [5, 5.41) is 9.98. The highest BCUT2D eigenvalue weighted by atomic mass is 35.5. The van der Waals surface area contributed by atoms with E-state index in [1.807, 2.05) is 55.5 Å². The van der Waals surface area contributed by atoms with Crippen LogP contribution in [-0.4, -0.2) is 0 Å². The molecule has 1 atom stereocenters. The minimum Gasteiger partial charge on any atom is -0.197 e. The molecule has 2 aromatic rings. The average molecular weight is 242 g/mol. The first-order chi connectivity index (χ1) is 8.20. The van der Waals surface area contributed by atoms with Crippen LogP contribution in [0.2, 0.25) is 5.02 Å². The maximum absolute atomic E-state index is 9.29. The van der Waals surface area contributed by atoms with E-state index in [-0.39, 0.29) is 5.92 Å². The number of aryl methyl sites for hydroxylation is 1. The second-order valence-electron chi connectivity index (χ2n) is 4.02. The van der Waals surface area contributed by atoms with Crippen LogP contribution in [-0.2, 0) is 0 Å². The van der Waals surface area contributed by atoms with Crippen molar-refractivity contribution in [3.63, 3.8) is 0 Å². The van der Waals surface area contributed by atoms with Crippen LogP contribution < -0.4 is 0 Å². The predicted molar refractivity (Wildman–Crippen MR) is 70.1 cm³/mol. The first-order valence-electron chi connectivity index (χ1n) is 5.42. The van der Waals surface area contributed by atoms with Gasteiger partial charge in [-0.2, -0.15) is 5.26 Å². The number of nitriles is 1. The van der Waals surface area contributed by atoms with Gasteiger partial charge in [0.15, 0.2) is 0 Å². The summed E-state index contributed by atoms with van der Waals surface area (Å²) in [5.74, 6) is -0.229. The van der Waals surface area contributed by atoms with E-state index in [1.54, 1.807) is 0 Å². The van der Waals surface area contributed by atoms with Crippen molar-refractivity contribution in [2.75, 3.05) is 0 Å². The standard InChI is InChI=1S/C15H12ClN/c1-11-2-4-12(5-3-11)15(10-17)13-6-8-14(16)9-7-13/h2-9,15H,1H3/t15-/m1/s1. The minimum absolute atomic E-state index is 0.229. The Morgan fingerprint density at radius 3 is 1.88 bits per heavy atom. The molecule has 0 spiro atoms. The highest BCUT2D eigenvalue weighted by molar-refractivity contribution is 6.30. The Hall–Kier alpha value is -1.78. The summed E-state index contributed by atoms with van der Waals surface area (Å²) >= 11 is 5.84. The Balaban J connectivity index is 2.37. The zero-order chi connectivity index (χ0) is 12.3. The molecule has 0 saturated carbocycles. The number of hydrogen-bond acceptors (Lipinski definition) is 1. The van der Waals surface area contributed by atoms with Crippen molar-refractivity contribution in [1.29, 1.82) is 5.26 Å². The Bertz CT molecular complexity index is 489. The lowest BCUT2D eigenvalue weighted by molar-refractivity contribution is 1.04. The van der Waals surface area contributed by atoms with Gasteiger partial charge in [0, 0.05) is 5.02 Å². The van der Waals surface area contributed by atoms with Crippen LogP contribution in [0.15, 0.2) is 48.5 Å². The van der Waals surface area contributed by atoms with E-state index in [4.69, 9.17) is 11.6 Å². The fourth-order valence-electron chi connectivity index (χ4n) is 1.76. The summed E-state index contributed by atoms with van der Waals surface area (Å²) < 4.78 is 0. The van der Waals surface area contributed by atoms with Crippen molar-refractivity contribution in [3.05, 3.63) is 70.2 Å². The third kappa shape index (κ3) is 2.67. The first kappa shape index (κ1) is 11.7. The quantitative estimate of drug-likeness (QED) is 0.769. The lowest BCUT2D eigenvalue weighted by Gasteiger charge is -2.10. The fraction of sp³-hybridized carbons (Fsp3) is 0.133. The molecule has 0 aliphatic carbocycles. The molecule has 0 fully saturated rings. The van der Waals surface area contributed by atoms with Crippen LogP contribution in [0.3, 0.4) is 0 Å².